The topological polar surface area (TPSA) is 71.3 Å². The summed E-state index contributed by atoms with van der Waals surface area (Å²) in [4.78, 5) is 23.6. The molecule has 0 radical (unpaired) electrons. The minimum Gasteiger partial charge on any atom is -0.467 e. The van der Waals surface area contributed by atoms with Gasteiger partial charge in [0.15, 0.2) is 5.82 Å². The van der Waals surface area contributed by atoms with E-state index in [0.717, 1.165) is 0 Å². The Morgan fingerprint density at radius 2 is 1.93 bits per heavy atom. The molecule has 1 N–H and O–H groups in total. The SMILES string of the molecule is CCN(CC)c1nc(-c2ccc(F)cc2)ncc1C(=O)NCc1ccco1. The van der Waals surface area contributed by atoms with Gasteiger partial charge in [-0.05, 0) is 50.2 Å². The first-order valence-electron chi connectivity index (χ1n) is 8.80. The number of rotatable bonds is 7. The van der Waals surface area contributed by atoms with Crippen molar-refractivity contribution in [2.75, 3.05) is 18.0 Å². The van der Waals surface area contributed by atoms with E-state index in [1.54, 1.807) is 30.5 Å². The molecule has 0 fully saturated rings. The van der Waals surface area contributed by atoms with Gasteiger partial charge in [0.05, 0.1) is 12.8 Å². The maximum absolute atomic E-state index is 13.2. The van der Waals surface area contributed by atoms with E-state index in [0.29, 0.717) is 41.6 Å². The Morgan fingerprint density at radius 3 is 2.56 bits per heavy atom. The van der Waals surface area contributed by atoms with E-state index in [-0.39, 0.29) is 18.3 Å². The number of aromatic nitrogens is 2. The van der Waals surface area contributed by atoms with Crippen LogP contribution >= 0.6 is 0 Å². The highest BCUT2D eigenvalue weighted by Crippen LogP contribution is 2.23. The first-order valence-corrected chi connectivity index (χ1v) is 8.80. The molecule has 27 heavy (non-hydrogen) atoms. The summed E-state index contributed by atoms with van der Waals surface area (Å²) < 4.78 is 18.4. The van der Waals surface area contributed by atoms with Crippen molar-refractivity contribution in [2.45, 2.75) is 20.4 Å². The normalized spacial score (nSPS) is 10.6. The molecule has 0 atom stereocenters. The lowest BCUT2D eigenvalue weighted by Crippen LogP contribution is -2.30. The van der Waals surface area contributed by atoms with Gasteiger partial charge in [-0.15, -0.1) is 0 Å². The first-order chi connectivity index (χ1) is 13.1. The summed E-state index contributed by atoms with van der Waals surface area (Å²) in [6.07, 6.45) is 3.07. The van der Waals surface area contributed by atoms with E-state index in [4.69, 9.17) is 4.42 Å². The van der Waals surface area contributed by atoms with Gasteiger partial charge in [-0.25, -0.2) is 14.4 Å². The van der Waals surface area contributed by atoms with Gasteiger partial charge in [0, 0.05) is 24.8 Å². The summed E-state index contributed by atoms with van der Waals surface area (Å²) in [6.45, 7) is 5.65. The second-order valence-corrected chi connectivity index (χ2v) is 5.87. The number of hydrogen-bond donors (Lipinski definition) is 1. The van der Waals surface area contributed by atoms with Gasteiger partial charge in [-0.1, -0.05) is 0 Å². The highest BCUT2D eigenvalue weighted by Gasteiger charge is 2.19. The first kappa shape index (κ1) is 18.6. The molecule has 0 saturated heterocycles. The third kappa shape index (κ3) is 4.31. The van der Waals surface area contributed by atoms with Gasteiger partial charge < -0.3 is 14.6 Å². The van der Waals surface area contributed by atoms with Crippen LogP contribution in [0.3, 0.4) is 0 Å². The molecule has 0 spiro atoms. The van der Waals surface area contributed by atoms with Crippen LogP contribution in [-0.4, -0.2) is 29.0 Å². The van der Waals surface area contributed by atoms with Crippen LogP contribution in [-0.2, 0) is 6.54 Å². The van der Waals surface area contributed by atoms with E-state index < -0.39 is 0 Å². The Labute approximate surface area is 157 Å². The molecule has 0 unspecified atom stereocenters. The summed E-state index contributed by atoms with van der Waals surface area (Å²) in [6, 6.07) is 9.52. The monoisotopic (exact) mass is 368 g/mol. The van der Waals surface area contributed by atoms with Crippen LogP contribution in [0, 0.1) is 5.82 Å². The number of anilines is 1. The zero-order valence-corrected chi connectivity index (χ0v) is 15.3. The van der Waals surface area contributed by atoms with Crippen molar-refractivity contribution in [3.8, 4) is 11.4 Å². The third-order valence-corrected chi connectivity index (χ3v) is 4.18. The second-order valence-electron chi connectivity index (χ2n) is 5.87. The summed E-state index contributed by atoms with van der Waals surface area (Å²) in [7, 11) is 0. The Kier molecular flexibility index (Phi) is 5.80. The highest BCUT2D eigenvalue weighted by atomic mass is 19.1. The standard InChI is InChI=1S/C20H21FN4O2/c1-3-25(4-2)19-17(20(26)23-12-16-6-5-11-27-16)13-22-18(24-19)14-7-9-15(21)10-8-14/h5-11,13H,3-4,12H2,1-2H3,(H,23,26). The minimum absolute atomic E-state index is 0.279. The predicted octanol–water partition coefficient (Wildman–Crippen LogP) is 3.65. The summed E-state index contributed by atoms with van der Waals surface area (Å²) in [5.74, 6) is 1.05. The molecule has 140 valence electrons. The molecule has 0 saturated carbocycles. The van der Waals surface area contributed by atoms with Gasteiger partial charge in [0.2, 0.25) is 0 Å². The fourth-order valence-corrected chi connectivity index (χ4v) is 2.71. The van der Waals surface area contributed by atoms with E-state index in [2.05, 4.69) is 15.3 Å². The lowest BCUT2D eigenvalue weighted by atomic mass is 10.2. The zero-order chi connectivity index (χ0) is 19.2. The number of amides is 1. The summed E-state index contributed by atoms with van der Waals surface area (Å²) >= 11 is 0. The Bertz CT molecular complexity index is 891. The molecular weight excluding hydrogens is 347 g/mol. The van der Waals surface area contributed by atoms with Crippen LogP contribution in [0.25, 0.3) is 11.4 Å². The molecule has 7 heteroatoms. The van der Waals surface area contributed by atoms with Gasteiger partial charge in [-0.3, -0.25) is 4.79 Å². The van der Waals surface area contributed by atoms with E-state index in [1.165, 1.54) is 18.3 Å². The number of nitrogens with zero attached hydrogens (tertiary/aromatic N) is 3. The fourth-order valence-electron chi connectivity index (χ4n) is 2.71. The van der Waals surface area contributed by atoms with Gasteiger partial charge >= 0.3 is 0 Å². The number of furan rings is 1. The Balaban J connectivity index is 1.92. The molecule has 1 amide bonds. The Hall–Kier alpha value is -3.22. The van der Waals surface area contributed by atoms with Crippen molar-refractivity contribution in [1.29, 1.82) is 0 Å². The minimum atomic E-state index is -0.323. The average molecular weight is 368 g/mol. The average Bonchev–Trinajstić information content (AvgIpc) is 3.21. The maximum atomic E-state index is 13.2. The highest BCUT2D eigenvalue weighted by molar-refractivity contribution is 5.98. The molecule has 3 aromatic rings. The maximum Gasteiger partial charge on any atom is 0.256 e. The van der Waals surface area contributed by atoms with Crippen LogP contribution in [0.5, 0.6) is 0 Å². The summed E-state index contributed by atoms with van der Waals surface area (Å²) in [5.41, 5.74) is 1.07. The van der Waals surface area contributed by atoms with Gasteiger partial charge in [0.1, 0.15) is 23.0 Å². The van der Waals surface area contributed by atoms with Crippen molar-refractivity contribution in [1.82, 2.24) is 15.3 Å². The van der Waals surface area contributed by atoms with Gasteiger partial charge in [0.25, 0.3) is 5.91 Å². The zero-order valence-electron chi connectivity index (χ0n) is 15.3. The van der Waals surface area contributed by atoms with Crippen molar-refractivity contribution >= 4 is 11.7 Å². The van der Waals surface area contributed by atoms with Crippen LogP contribution in [0.1, 0.15) is 30.0 Å². The predicted molar refractivity (Wildman–Crippen MR) is 101 cm³/mol. The van der Waals surface area contributed by atoms with E-state index in [1.807, 2.05) is 18.7 Å². The van der Waals surface area contributed by atoms with Gasteiger partial charge in [-0.2, -0.15) is 0 Å². The number of halogens is 1. The van der Waals surface area contributed by atoms with Crippen LogP contribution < -0.4 is 10.2 Å². The number of carbonyl (C=O) groups is 1. The second kappa shape index (κ2) is 8.44. The lowest BCUT2D eigenvalue weighted by Gasteiger charge is -2.22. The van der Waals surface area contributed by atoms with E-state index in [9.17, 15) is 9.18 Å². The van der Waals surface area contributed by atoms with Crippen molar-refractivity contribution in [2.24, 2.45) is 0 Å². The smallest absolute Gasteiger partial charge is 0.256 e. The van der Waals surface area contributed by atoms with E-state index >= 15 is 0 Å². The van der Waals surface area contributed by atoms with Crippen LogP contribution in [0.15, 0.2) is 53.3 Å². The molecule has 2 aromatic heterocycles. The molecule has 1 aromatic carbocycles. The van der Waals surface area contributed by atoms with Crippen molar-refractivity contribution in [3.05, 3.63) is 66.0 Å². The largest absolute Gasteiger partial charge is 0.467 e. The molecule has 3 rings (SSSR count). The molecule has 2 heterocycles. The molecule has 0 aliphatic rings. The van der Waals surface area contributed by atoms with Crippen LogP contribution in [0.2, 0.25) is 0 Å². The number of carbonyl (C=O) groups excluding carboxylic acids is 1. The van der Waals surface area contributed by atoms with Crippen molar-refractivity contribution < 1.29 is 13.6 Å². The Morgan fingerprint density at radius 1 is 1.19 bits per heavy atom. The fraction of sp³-hybridized carbons (Fsp3) is 0.250. The number of hydrogen-bond acceptors (Lipinski definition) is 5. The number of nitrogens with one attached hydrogen (secondary N) is 1. The third-order valence-electron chi connectivity index (χ3n) is 4.18. The summed E-state index contributed by atoms with van der Waals surface area (Å²) in [5, 5.41) is 2.82. The molecule has 0 bridgehead atoms. The molecular formula is C20H21FN4O2. The lowest BCUT2D eigenvalue weighted by molar-refractivity contribution is 0.0948. The molecule has 6 nitrogen and oxygen atoms in total. The number of benzene rings is 1. The van der Waals surface area contributed by atoms with Crippen LogP contribution in [0.4, 0.5) is 10.2 Å². The molecule has 0 aliphatic carbocycles. The molecule has 0 aliphatic heterocycles. The van der Waals surface area contributed by atoms with Crippen molar-refractivity contribution in [3.63, 3.8) is 0 Å². The quantitative estimate of drug-likeness (QED) is 0.689.